The number of ether oxygens (including phenoxy) is 1. The third kappa shape index (κ3) is 2.68. The van der Waals surface area contributed by atoms with Crippen molar-refractivity contribution in [1.29, 1.82) is 0 Å². The number of amides is 1. The first-order valence-electron chi connectivity index (χ1n) is 7.52. The van der Waals surface area contributed by atoms with Crippen LogP contribution >= 0.6 is 11.3 Å². The molecule has 0 atom stereocenters. The van der Waals surface area contributed by atoms with Crippen LogP contribution < -0.4 is 0 Å². The number of hydrogen-bond donors (Lipinski definition) is 0. The summed E-state index contributed by atoms with van der Waals surface area (Å²) in [6.07, 6.45) is 3.89. The van der Waals surface area contributed by atoms with Crippen LogP contribution in [-0.2, 0) is 4.74 Å². The lowest BCUT2D eigenvalue weighted by Crippen LogP contribution is -2.40. The number of methoxy groups -OCH3 is 1. The zero-order chi connectivity index (χ0) is 15.7. The van der Waals surface area contributed by atoms with E-state index in [1.165, 1.54) is 0 Å². The van der Waals surface area contributed by atoms with Crippen molar-refractivity contribution < 1.29 is 9.53 Å². The molecule has 0 spiro atoms. The Balaban J connectivity index is 1.84. The fraction of sp³-hybridized carbons (Fsp3) is 0.500. The number of aromatic nitrogens is 2. The average molecular weight is 319 g/mol. The third-order valence-electron chi connectivity index (χ3n) is 4.33. The highest BCUT2D eigenvalue weighted by molar-refractivity contribution is 7.12. The SMILES string of the molecule is COC1CCN(C(=O)c2cc(C)n(-c3nccs3)c2C)CC1. The van der Waals surface area contributed by atoms with E-state index in [4.69, 9.17) is 4.74 Å². The van der Waals surface area contributed by atoms with Crippen molar-refractivity contribution in [2.45, 2.75) is 32.8 Å². The molecule has 0 radical (unpaired) electrons. The Kier molecular flexibility index (Phi) is 4.31. The summed E-state index contributed by atoms with van der Waals surface area (Å²) < 4.78 is 7.43. The van der Waals surface area contributed by atoms with E-state index in [9.17, 15) is 4.79 Å². The number of likely N-dealkylation sites (tertiary alicyclic amines) is 1. The second kappa shape index (κ2) is 6.22. The highest BCUT2D eigenvalue weighted by atomic mass is 32.1. The number of piperidine rings is 1. The molecule has 22 heavy (non-hydrogen) atoms. The molecule has 5 nitrogen and oxygen atoms in total. The lowest BCUT2D eigenvalue weighted by molar-refractivity contribution is 0.0350. The lowest BCUT2D eigenvalue weighted by Gasteiger charge is -2.31. The number of carbonyl (C=O) groups is 1. The van der Waals surface area contributed by atoms with Gasteiger partial charge in [0.2, 0.25) is 0 Å². The van der Waals surface area contributed by atoms with Gasteiger partial charge >= 0.3 is 0 Å². The largest absolute Gasteiger partial charge is 0.381 e. The van der Waals surface area contributed by atoms with E-state index in [1.807, 2.05) is 30.2 Å². The van der Waals surface area contributed by atoms with Gasteiger partial charge in [0.25, 0.3) is 5.91 Å². The summed E-state index contributed by atoms with van der Waals surface area (Å²) in [5, 5.41) is 2.86. The van der Waals surface area contributed by atoms with E-state index in [0.717, 1.165) is 48.0 Å². The molecular formula is C16H21N3O2S. The van der Waals surface area contributed by atoms with Crippen LogP contribution in [0.2, 0.25) is 0 Å². The molecule has 1 aliphatic rings. The number of carbonyl (C=O) groups excluding carboxylic acids is 1. The summed E-state index contributed by atoms with van der Waals surface area (Å²) >= 11 is 1.58. The Labute approximate surface area is 134 Å². The smallest absolute Gasteiger partial charge is 0.255 e. The van der Waals surface area contributed by atoms with Crippen molar-refractivity contribution in [1.82, 2.24) is 14.5 Å². The summed E-state index contributed by atoms with van der Waals surface area (Å²) in [6, 6.07) is 1.97. The molecule has 6 heteroatoms. The summed E-state index contributed by atoms with van der Waals surface area (Å²) in [7, 11) is 1.74. The lowest BCUT2D eigenvalue weighted by atomic mass is 10.1. The van der Waals surface area contributed by atoms with Gasteiger partial charge in [-0.2, -0.15) is 0 Å². The summed E-state index contributed by atoms with van der Waals surface area (Å²) in [6.45, 7) is 5.53. The first kappa shape index (κ1) is 15.2. The normalized spacial score (nSPS) is 16.2. The second-order valence-corrected chi connectivity index (χ2v) is 6.54. The van der Waals surface area contributed by atoms with Crippen LogP contribution in [0.3, 0.4) is 0 Å². The van der Waals surface area contributed by atoms with Gasteiger partial charge in [0.05, 0.1) is 11.7 Å². The molecule has 0 unspecified atom stereocenters. The van der Waals surface area contributed by atoms with Crippen LogP contribution in [0.1, 0.15) is 34.6 Å². The minimum Gasteiger partial charge on any atom is -0.381 e. The first-order valence-corrected chi connectivity index (χ1v) is 8.40. The summed E-state index contributed by atoms with van der Waals surface area (Å²) in [4.78, 5) is 19.1. The molecule has 1 saturated heterocycles. The van der Waals surface area contributed by atoms with Crippen molar-refractivity contribution in [2.24, 2.45) is 0 Å². The van der Waals surface area contributed by atoms with Gasteiger partial charge < -0.3 is 9.64 Å². The van der Waals surface area contributed by atoms with Crippen LogP contribution in [0, 0.1) is 13.8 Å². The molecule has 0 aromatic carbocycles. The fourth-order valence-electron chi connectivity index (χ4n) is 3.06. The van der Waals surface area contributed by atoms with E-state index in [1.54, 1.807) is 24.6 Å². The van der Waals surface area contributed by atoms with E-state index in [2.05, 4.69) is 9.55 Å². The van der Waals surface area contributed by atoms with Crippen LogP contribution in [-0.4, -0.2) is 46.7 Å². The zero-order valence-electron chi connectivity index (χ0n) is 13.2. The van der Waals surface area contributed by atoms with E-state index < -0.39 is 0 Å². The van der Waals surface area contributed by atoms with Crippen LogP contribution in [0.5, 0.6) is 0 Å². The van der Waals surface area contributed by atoms with Crippen LogP contribution in [0.4, 0.5) is 0 Å². The zero-order valence-corrected chi connectivity index (χ0v) is 14.0. The topological polar surface area (TPSA) is 47.4 Å². The number of hydrogen-bond acceptors (Lipinski definition) is 4. The third-order valence-corrected chi connectivity index (χ3v) is 5.09. The Morgan fingerprint density at radius 3 is 2.68 bits per heavy atom. The highest BCUT2D eigenvalue weighted by Crippen LogP contribution is 2.24. The second-order valence-electron chi connectivity index (χ2n) is 5.66. The van der Waals surface area contributed by atoms with Crippen LogP contribution in [0.15, 0.2) is 17.6 Å². The molecule has 3 rings (SSSR count). The van der Waals surface area contributed by atoms with Crippen molar-refractivity contribution in [3.8, 4) is 5.13 Å². The minimum absolute atomic E-state index is 0.116. The van der Waals surface area contributed by atoms with E-state index in [0.29, 0.717) is 0 Å². The molecule has 3 heterocycles. The molecule has 0 N–H and O–H groups in total. The molecule has 1 aliphatic heterocycles. The summed E-state index contributed by atoms with van der Waals surface area (Å²) in [5.41, 5.74) is 2.79. The molecule has 2 aromatic rings. The standard InChI is InChI=1S/C16H21N3O2S/c1-11-10-14(12(2)19(11)16-17-6-9-22-16)15(20)18-7-4-13(21-3)5-8-18/h6,9-10,13H,4-5,7-8H2,1-3H3. The predicted octanol–water partition coefficient (Wildman–Crippen LogP) is 2.80. The predicted molar refractivity (Wildman–Crippen MR) is 86.8 cm³/mol. The molecule has 0 aliphatic carbocycles. The van der Waals surface area contributed by atoms with E-state index in [-0.39, 0.29) is 12.0 Å². The number of thiazole rings is 1. The van der Waals surface area contributed by atoms with Gasteiger partial charge in [-0.15, -0.1) is 11.3 Å². The van der Waals surface area contributed by atoms with E-state index >= 15 is 0 Å². The average Bonchev–Trinajstić information content (AvgIpc) is 3.14. The Hall–Kier alpha value is -1.66. The molecule has 0 saturated carbocycles. The van der Waals surface area contributed by atoms with Gasteiger partial charge in [-0.3, -0.25) is 9.36 Å². The van der Waals surface area contributed by atoms with Gasteiger partial charge in [0.15, 0.2) is 5.13 Å². The van der Waals surface area contributed by atoms with Gasteiger partial charge in [0.1, 0.15) is 0 Å². The summed E-state index contributed by atoms with van der Waals surface area (Å²) in [5.74, 6) is 0.116. The molecule has 1 fully saturated rings. The maximum absolute atomic E-state index is 12.8. The molecule has 0 bridgehead atoms. The first-order chi connectivity index (χ1) is 10.6. The molecule has 118 valence electrons. The van der Waals surface area contributed by atoms with Gasteiger partial charge in [0, 0.05) is 43.2 Å². The number of nitrogens with zero attached hydrogens (tertiary/aromatic N) is 3. The van der Waals surface area contributed by atoms with Crippen molar-refractivity contribution in [3.63, 3.8) is 0 Å². The molecule has 1 amide bonds. The number of aryl methyl sites for hydroxylation is 1. The van der Waals surface area contributed by atoms with Crippen molar-refractivity contribution in [3.05, 3.63) is 34.6 Å². The van der Waals surface area contributed by atoms with Gasteiger partial charge in [-0.05, 0) is 32.8 Å². The maximum atomic E-state index is 12.8. The minimum atomic E-state index is 0.116. The Bertz CT molecular complexity index is 655. The molecule has 2 aromatic heterocycles. The van der Waals surface area contributed by atoms with Gasteiger partial charge in [-0.25, -0.2) is 4.98 Å². The van der Waals surface area contributed by atoms with Crippen LogP contribution in [0.25, 0.3) is 5.13 Å². The van der Waals surface area contributed by atoms with Crippen molar-refractivity contribution in [2.75, 3.05) is 20.2 Å². The highest BCUT2D eigenvalue weighted by Gasteiger charge is 2.26. The quantitative estimate of drug-likeness (QED) is 0.874. The van der Waals surface area contributed by atoms with Crippen molar-refractivity contribution >= 4 is 17.2 Å². The Morgan fingerprint density at radius 2 is 2.09 bits per heavy atom. The van der Waals surface area contributed by atoms with Gasteiger partial charge in [-0.1, -0.05) is 0 Å². The Morgan fingerprint density at radius 1 is 1.36 bits per heavy atom. The maximum Gasteiger partial charge on any atom is 0.255 e. The number of rotatable bonds is 3. The molecular weight excluding hydrogens is 298 g/mol. The monoisotopic (exact) mass is 319 g/mol. The fourth-order valence-corrected chi connectivity index (χ4v) is 3.82.